The molecule has 0 aliphatic heterocycles. The molecule has 110 valence electrons. The van der Waals surface area contributed by atoms with E-state index in [1.807, 2.05) is 0 Å². The van der Waals surface area contributed by atoms with E-state index in [-0.39, 0.29) is 0 Å². The van der Waals surface area contributed by atoms with Crippen LogP contribution in [0.25, 0.3) is 0 Å². The minimum atomic E-state index is 0.364. The lowest BCUT2D eigenvalue weighted by Crippen LogP contribution is -2.32. The smallest absolute Gasteiger partial charge is 0.0589 e. The van der Waals surface area contributed by atoms with E-state index in [1.165, 1.54) is 12.8 Å². The minimum absolute atomic E-state index is 0.364. The van der Waals surface area contributed by atoms with Crippen molar-refractivity contribution in [1.82, 2.24) is 4.90 Å². The first-order valence-electron chi connectivity index (χ1n) is 6.96. The molecule has 0 fully saturated rings. The Kier molecular flexibility index (Phi) is 10.6. The molecule has 0 aliphatic rings. The van der Waals surface area contributed by atoms with Crippen LogP contribution in [0.3, 0.4) is 0 Å². The standard InChI is InChI=1S/C14H32N2O2/c1-14(2,7-8-15)6-5-9-16(10-12-17-3)11-13-18-4/h5-13,15H2,1-4H3. The molecule has 0 unspecified atom stereocenters. The summed E-state index contributed by atoms with van der Waals surface area (Å²) in [5.41, 5.74) is 6.00. The van der Waals surface area contributed by atoms with E-state index in [1.54, 1.807) is 14.2 Å². The quantitative estimate of drug-likeness (QED) is 0.580. The molecular weight excluding hydrogens is 228 g/mol. The third kappa shape index (κ3) is 9.83. The number of ether oxygens (including phenoxy) is 2. The Morgan fingerprint density at radius 1 is 0.944 bits per heavy atom. The van der Waals surface area contributed by atoms with Crippen molar-refractivity contribution in [3.8, 4) is 0 Å². The number of nitrogens with zero attached hydrogens (tertiary/aromatic N) is 1. The zero-order valence-corrected chi connectivity index (χ0v) is 12.7. The second-order valence-corrected chi connectivity index (χ2v) is 5.63. The van der Waals surface area contributed by atoms with Crippen LogP contribution in [-0.4, -0.2) is 58.5 Å². The molecule has 2 N–H and O–H groups in total. The zero-order valence-electron chi connectivity index (χ0n) is 12.7. The van der Waals surface area contributed by atoms with Gasteiger partial charge in [-0.15, -0.1) is 0 Å². The number of rotatable bonds is 12. The van der Waals surface area contributed by atoms with Crippen LogP contribution in [0.1, 0.15) is 33.1 Å². The monoisotopic (exact) mass is 260 g/mol. The van der Waals surface area contributed by atoms with Gasteiger partial charge in [0.25, 0.3) is 0 Å². The summed E-state index contributed by atoms with van der Waals surface area (Å²) in [5.74, 6) is 0. The van der Waals surface area contributed by atoms with Gasteiger partial charge in [-0.2, -0.15) is 0 Å². The van der Waals surface area contributed by atoms with Crippen LogP contribution in [0.5, 0.6) is 0 Å². The van der Waals surface area contributed by atoms with Crippen molar-refractivity contribution in [3.05, 3.63) is 0 Å². The molecule has 0 heterocycles. The third-order valence-electron chi connectivity index (χ3n) is 3.37. The highest BCUT2D eigenvalue weighted by atomic mass is 16.5. The fraction of sp³-hybridized carbons (Fsp3) is 1.00. The molecule has 0 aliphatic carbocycles. The lowest BCUT2D eigenvalue weighted by molar-refractivity contribution is 0.110. The molecule has 0 aromatic carbocycles. The molecule has 0 bridgehead atoms. The van der Waals surface area contributed by atoms with Crippen LogP contribution in [-0.2, 0) is 9.47 Å². The van der Waals surface area contributed by atoms with Crippen LogP contribution >= 0.6 is 0 Å². The highest BCUT2D eigenvalue weighted by molar-refractivity contribution is 4.70. The van der Waals surface area contributed by atoms with Gasteiger partial charge in [-0.3, -0.25) is 4.90 Å². The van der Waals surface area contributed by atoms with Crippen LogP contribution in [0.15, 0.2) is 0 Å². The van der Waals surface area contributed by atoms with Crippen LogP contribution in [0.2, 0.25) is 0 Å². The maximum atomic E-state index is 5.63. The SMILES string of the molecule is COCCN(CCCC(C)(C)CCN)CCOC. The first-order chi connectivity index (χ1) is 8.55. The van der Waals surface area contributed by atoms with Crippen LogP contribution in [0, 0.1) is 5.41 Å². The Morgan fingerprint density at radius 2 is 1.50 bits per heavy atom. The fourth-order valence-corrected chi connectivity index (χ4v) is 2.07. The zero-order chi connectivity index (χ0) is 13.9. The average Bonchev–Trinajstić information content (AvgIpc) is 2.31. The molecule has 4 heteroatoms. The minimum Gasteiger partial charge on any atom is -0.383 e. The molecule has 18 heavy (non-hydrogen) atoms. The molecule has 0 atom stereocenters. The van der Waals surface area contributed by atoms with Crippen molar-refractivity contribution in [2.75, 3.05) is 53.6 Å². The van der Waals surface area contributed by atoms with E-state index in [0.29, 0.717) is 5.41 Å². The largest absolute Gasteiger partial charge is 0.383 e. The van der Waals surface area contributed by atoms with E-state index in [2.05, 4.69) is 18.7 Å². The molecule has 0 saturated carbocycles. The molecule has 0 rings (SSSR count). The molecule has 0 aromatic heterocycles. The van der Waals surface area contributed by atoms with Gasteiger partial charge in [0, 0.05) is 27.3 Å². The molecule has 0 spiro atoms. The van der Waals surface area contributed by atoms with Crippen molar-refractivity contribution in [1.29, 1.82) is 0 Å². The molecule has 0 aromatic rings. The van der Waals surface area contributed by atoms with E-state index >= 15 is 0 Å². The topological polar surface area (TPSA) is 47.7 Å². The fourth-order valence-electron chi connectivity index (χ4n) is 2.07. The molecule has 4 nitrogen and oxygen atoms in total. The summed E-state index contributed by atoms with van der Waals surface area (Å²) in [6, 6.07) is 0. The lowest BCUT2D eigenvalue weighted by atomic mass is 9.84. The summed E-state index contributed by atoms with van der Waals surface area (Å²) < 4.78 is 10.3. The van der Waals surface area contributed by atoms with Crippen molar-refractivity contribution >= 4 is 0 Å². The predicted octanol–water partition coefficient (Wildman–Crippen LogP) is 1.74. The van der Waals surface area contributed by atoms with Gasteiger partial charge in [0.1, 0.15) is 0 Å². The van der Waals surface area contributed by atoms with E-state index in [9.17, 15) is 0 Å². The Balaban J connectivity index is 3.86. The van der Waals surface area contributed by atoms with Crippen molar-refractivity contribution in [2.24, 2.45) is 11.1 Å². The van der Waals surface area contributed by atoms with Crippen molar-refractivity contribution < 1.29 is 9.47 Å². The van der Waals surface area contributed by atoms with E-state index < -0.39 is 0 Å². The van der Waals surface area contributed by atoms with Crippen LogP contribution < -0.4 is 5.73 Å². The van der Waals surface area contributed by atoms with Gasteiger partial charge in [-0.05, 0) is 37.8 Å². The number of methoxy groups -OCH3 is 2. The van der Waals surface area contributed by atoms with Gasteiger partial charge in [0.15, 0.2) is 0 Å². The Bertz CT molecular complexity index is 179. The van der Waals surface area contributed by atoms with E-state index in [4.69, 9.17) is 15.2 Å². The first-order valence-corrected chi connectivity index (χ1v) is 6.96. The molecule has 0 saturated heterocycles. The summed E-state index contributed by atoms with van der Waals surface area (Å²) in [6.45, 7) is 10.0. The summed E-state index contributed by atoms with van der Waals surface area (Å²) in [7, 11) is 3.50. The Morgan fingerprint density at radius 3 is 1.94 bits per heavy atom. The number of hydrogen-bond donors (Lipinski definition) is 1. The van der Waals surface area contributed by atoms with Gasteiger partial charge in [-0.1, -0.05) is 13.8 Å². The van der Waals surface area contributed by atoms with Gasteiger partial charge < -0.3 is 15.2 Å². The third-order valence-corrected chi connectivity index (χ3v) is 3.37. The van der Waals surface area contributed by atoms with E-state index in [0.717, 1.165) is 45.8 Å². The number of hydrogen-bond acceptors (Lipinski definition) is 4. The highest BCUT2D eigenvalue weighted by Crippen LogP contribution is 2.25. The lowest BCUT2D eigenvalue weighted by Gasteiger charge is -2.26. The van der Waals surface area contributed by atoms with Crippen molar-refractivity contribution in [3.63, 3.8) is 0 Å². The van der Waals surface area contributed by atoms with Gasteiger partial charge in [0.05, 0.1) is 13.2 Å². The molecular formula is C14H32N2O2. The summed E-state index contributed by atoms with van der Waals surface area (Å²) >= 11 is 0. The normalized spacial score (nSPS) is 12.3. The molecule has 0 amide bonds. The summed E-state index contributed by atoms with van der Waals surface area (Å²) in [5, 5.41) is 0. The second kappa shape index (κ2) is 10.7. The van der Waals surface area contributed by atoms with Gasteiger partial charge in [-0.25, -0.2) is 0 Å². The Hall–Kier alpha value is -0.160. The highest BCUT2D eigenvalue weighted by Gasteiger charge is 2.16. The maximum absolute atomic E-state index is 5.63. The van der Waals surface area contributed by atoms with Crippen molar-refractivity contribution in [2.45, 2.75) is 33.1 Å². The summed E-state index contributed by atoms with van der Waals surface area (Å²) in [4.78, 5) is 2.41. The second-order valence-electron chi connectivity index (χ2n) is 5.63. The van der Waals surface area contributed by atoms with Gasteiger partial charge in [0.2, 0.25) is 0 Å². The average molecular weight is 260 g/mol. The maximum Gasteiger partial charge on any atom is 0.0589 e. The Labute approximate surface area is 113 Å². The summed E-state index contributed by atoms with van der Waals surface area (Å²) in [6.07, 6.45) is 3.53. The molecule has 0 radical (unpaired) electrons. The first kappa shape index (κ1) is 17.8. The van der Waals surface area contributed by atoms with Gasteiger partial charge >= 0.3 is 0 Å². The number of nitrogens with two attached hydrogens (primary N) is 1. The predicted molar refractivity (Wildman–Crippen MR) is 76.9 cm³/mol. The van der Waals surface area contributed by atoms with Crippen LogP contribution in [0.4, 0.5) is 0 Å².